The molecule has 0 N–H and O–H groups in total. The summed E-state index contributed by atoms with van der Waals surface area (Å²) in [5, 5.41) is 2.30. The van der Waals surface area contributed by atoms with Gasteiger partial charge in [-0.25, -0.2) is 4.98 Å². The summed E-state index contributed by atoms with van der Waals surface area (Å²) in [4.78, 5) is 4.84. The Hall–Kier alpha value is -2.18. The summed E-state index contributed by atoms with van der Waals surface area (Å²) in [6.07, 6.45) is -0.311. The highest BCUT2D eigenvalue weighted by molar-refractivity contribution is 7.98. The van der Waals surface area contributed by atoms with Gasteiger partial charge in [-0.1, -0.05) is 47.1 Å². The lowest BCUT2D eigenvalue weighted by Gasteiger charge is -2.14. The number of aromatic nitrogens is 2. The summed E-state index contributed by atoms with van der Waals surface area (Å²) < 4.78 is 13.0. The third-order valence-electron chi connectivity index (χ3n) is 4.60. The molecule has 0 aliphatic carbocycles. The van der Waals surface area contributed by atoms with Crippen LogP contribution in [0.15, 0.2) is 71.9 Å². The minimum atomic E-state index is -0.311. The van der Waals surface area contributed by atoms with Crippen molar-refractivity contribution in [2.45, 2.75) is 24.1 Å². The molecule has 1 heterocycles. The molecule has 0 saturated heterocycles. The maximum absolute atomic E-state index is 6.28. The Bertz CT molecular complexity index is 1140. The predicted octanol–water partition coefficient (Wildman–Crippen LogP) is 7.00. The predicted molar refractivity (Wildman–Crippen MR) is 124 cm³/mol. The molecule has 1 unspecified atom stereocenters. The minimum absolute atomic E-state index is 0.311. The standard InChI is InChI=1S/C23H20Cl2N2O2S/c1-15(28-2)29-20-10-8-19(9-11-20)27-22-13-18(25)7-12-21(22)26-23(27)30-14-16-3-5-17(24)6-4-16/h3-13,15H,14H2,1-2H3. The molecule has 0 aliphatic heterocycles. The van der Waals surface area contributed by atoms with Crippen LogP contribution in [0, 0.1) is 0 Å². The number of fused-ring (bicyclic) bond motifs is 1. The lowest BCUT2D eigenvalue weighted by Crippen LogP contribution is -2.13. The highest BCUT2D eigenvalue weighted by Crippen LogP contribution is 2.32. The number of hydrogen-bond acceptors (Lipinski definition) is 4. The molecule has 0 saturated carbocycles. The fraction of sp³-hybridized carbons (Fsp3) is 0.174. The summed E-state index contributed by atoms with van der Waals surface area (Å²) in [6.45, 7) is 1.85. The number of methoxy groups -OCH3 is 1. The molecule has 4 nitrogen and oxygen atoms in total. The Morgan fingerprint density at radius 2 is 1.67 bits per heavy atom. The van der Waals surface area contributed by atoms with Gasteiger partial charge < -0.3 is 9.47 Å². The van der Waals surface area contributed by atoms with E-state index in [2.05, 4.69) is 4.57 Å². The number of thioether (sulfide) groups is 1. The van der Waals surface area contributed by atoms with Crippen LogP contribution in [-0.2, 0) is 10.5 Å². The van der Waals surface area contributed by atoms with Crippen molar-refractivity contribution in [3.05, 3.63) is 82.3 Å². The average molecular weight is 459 g/mol. The van der Waals surface area contributed by atoms with Gasteiger partial charge in [-0.15, -0.1) is 0 Å². The van der Waals surface area contributed by atoms with E-state index >= 15 is 0 Å². The zero-order valence-electron chi connectivity index (χ0n) is 16.5. The van der Waals surface area contributed by atoms with E-state index in [1.54, 1.807) is 18.9 Å². The number of halogens is 2. The molecular formula is C23H20Cl2N2O2S. The molecule has 0 aliphatic rings. The van der Waals surface area contributed by atoms with Gasteiger partial charge in [0.1, 0.15) is 5.75 Å². The Morgan fingerprint density at radius 1 is 0.967 bits per heavy atom. The minimum Gasteiger partial charge on any atom is -0.465 e. The maximum Gasteiger partial charge on any atom is 0.196 e. The normalized spacial score (nSPS) is 12.3. The van der Waals surface area contributed by atoms with Gasteiger partial charge in [-0.05, 0) is 67.1 Å². The first-order valence-corrected chi connectivity index (χ1v) is 11.1. The highest BCUT2D eigenvalue weighted by Gasteiger charge is 2.14. The van der Waals surface area contributed by atoms with Crippen LogP contribution in [0.25, 0.3) is 16.7 Å². The Kier molecular flexibility index (Phi) is 6.54. The van der Waals surface area contributed by atoms with Crippen molar-refractivity contribution in [3.8, 4) is 11.4 Å². The molecule has 7 heteroatoms. The first kappa shape index (κ1) is 21.1. The zero-order valence-corrected chi connectivity index (χ0v) is 18.8. The average Bonchev–Trinajstić information content (AvgIpc) is 3.11. The van der Waals surface area contributed by atoms with Crippen LogP contribution in [0.4, 0.5) is 0 Å². The van der Waals surface area contributed by atoms with Crippen LogP contribution in [0.1, 0.15) is 12.5 Å². The molecule has 1 atom stereocenters. The third kappa shape index (κ3) is 4.76. The largest absolute Gasteiger partial charge is 0.465 e. The van der Waals surface area contributed by atoms with Gasteiger partial charge in [-0.2, -0.15) is 0 Å². The van der Waals surface area contributed by atoms with Crippen LogP contribution >= 0.6 is 35.0 Å². The van der Waals surface area contributed by atoms with Gasteiger partial charge >= 0.3 is 0 Å². The van der Waals surface area contributed by atoms with Crippen LogP contribution in [-0.4, -0.2) is 23.0 Å². The number of ether oxygens (including phenoxy) is 2. The number of imidazole rings is 1. The van der Waals surface area contributed by atoms with Crippen molar-refractivity contribution >= 4 is 46.0 Å². The summed E-state index contributed by atoms with van der Waals surface area (Å²) in [5.41, 5.74) is 4.01. The van der Waals surface area contributed by atoms with E-state index in [1.807, 2.05) is 73.7 Å². The van der Waals surface area contributed by atoms with Gasteiger partial charge in [0.05, 0.1) is 11.0 Å². The Labute approximate surface area is 189 Å². The number of hydrogen-bond donors (Lipinski definition) is 0. The van der Waals surface area contributed by atoms with Gasteiger partial charge in [0.2, 0.25) is 0 Å². The van der Waals surface area contributed by atoms with E-state index < -0.39 is 0 Å². The van der Waals surface area contributed by atoms with Crippen LogP contribution in [0.3, 0.4) is 0 Å². The Balaban J connectivity index is 1.68. The molecule has 0 fully saturated rings. The topological polar surface area (TPSA) is 36.3 Å². The van der Waals surface area contributed by atoms with Crippen LogP contribution in [0.2, 0.25) is 10.0 Å². The molecule has 1 aromatic heterocycles. The van der Waals surface area contributed by atoms with E-state index in [0.29, 0.717) is 5.02 Å². The summed E-state index contributed by atoms with van der Waals surface area (Å²) in [5.74, 6) is 1.52. The second-order valence-corrected chi connectivity index (χ2v) is 8.51. The third-order valence-corrected chi connectivity index (χ3v) is 6.09. The van der Waals surface area contributed by atoms with Gasteiger partial charge in [0.15, 0.2) is 11.4 Å². The number of nitrogens with zero attached hydrogens (tertiary/aromatic N) is 2. The summed E-state index contributed by atoms with van der Waals surface area (Å²) in [7, 11) is 1.62. The highest BCUT2D eigenvalue weighted by atomic mass is 35.5. The molecule has 3 aromatic carbocycles. The second-order valence-electron chi connectivity index (χ2n) is 6.69. The van der Waals surface area contributed by atoms with Crippen LogP contribution in [0.5, 0.6) is 5.75 Å². The molecule has 0 radical (unpaired) electrons. The van der Waals surface area contributed by atoms with Gasteiger partial charge in [-0.3, -0.25) is 4.57 Å². The SMILES string of the molecule is COC(C)Oc1ccc(-n2c(SCc3ccc(Cl)cc3)nc3ccc(Cl)cc32)cc1. The van der Waals surface area contributed by atoms with Crippen molar-refractivity contribution in [2.75, 3.05) is 7.11 Å². The van der Waals surface area contributed by atoms with E-state index in [0.717, 1.165) is 38.4 Å². The maximum atomic E-state index is 6.28. The second kappa shape index (κ2) is 9.31. The number of rotatable bonds is 7. The lowest BCUT2D eigenvalue weighted by atomic mass is 10.2. The van der Waals surface area contributed by atoms with Crippen molar-refractivity contribution in [1.82, 2.24) is 9.55 Å². The summed E-state index contributed by atoms with van der Waals surface area (Å²) in [6, 6.07) is 21.5. The van der Waals surface area contributed by atoms with Gasteiger partial charge in [0, 0.05) is 28.6 Å². The molecule has 0 spiro atoms. The molecule has 0 amide bonds. The first-order valence-electron chi connectivity index (χ1n) is 9.38. The smallest absolute Gasteiger partial charge is 0.196 e. The van der Waals surface area contributed by atoms with Crippen molar-refractivity contribution in [2.24, 2.45) is 0 Å². The van der Waals surface area contributed by atoms with Crippen molar-refractivity contribution in [1.29, 1.82) is 0 Å². The van der Waals surface area contributed by atoms with E-state index in [-0.39, 0.29) is 6.29 Å². The molecule has 4 rings (SSSR count). The van der Waals surface area contributed by atoms with E-state index in [1.165, 1.54) is 5.56 Å². The van der Waals surface area contributed by atoms with Crippen molar-refractivity contribution < 1.29 is 9.47 Å². The first-order chi connectivity index (χ1) is 14.5. The molecule has 30 heavy (non-hydrogen) atoms. The van der Waals surface area contributed by atoms with E-state index in [4.69, 9.17) is 37.7 Å². The molecular weight excluding hydrogens is 439 g/mol. The Morgan fingerprint density at radius 3 is 2.37 bits per heavy atom. The van der Waals surface area contributed by atoms with Crippen molar-refractivity contribution in [3.63, 3.8) is 0 Å². The fourth-order valence-electron chi connectivity index (χ4n) is 3.01. The van der Waals surface area contributed by atoms with Gasteiger partial charge in [0.25, 0.3) is 0 Å². The van der Waals surface area contributed by atoms with E-state index in [9.17, 15) is 0 Å². The molecule has 154 valence electrons. The quantitative estimate of drug-likeness (QED) is 0.220. The zero-order chi connectivity index (χ0) is 21.1. The molecule has 0 bridgehead atoms. The fourth-order valence-corrected chi connectivity index (χ4v) is 4.29. The lowest BCUT2D eigenvalue weighted by molar-refractivity contribution is -0.0382. The molecule has 4 aromatic rings. The van der Waals surface area contributed by atoms with Crippen LogP contribution < -0.4 is 4.74 Å². The monoisotopic (exact) mass is 458 g/mol. The number of benzene rings is 3. The summed E-state index contributed by atoms with van der Waals surface area (Å²) >= 11 is 13.9.